The van der Waals surface area contributed by atoms with Gasteiger partial charge in [0.1, 0.15) is 5.75 Å². The van der Waals surface area contributed by atoms with Crippen LogP contribution in [-0.4, -0.2) is 40.6 Å². The Morgan fingerprint density at radius 1 is 1.22 bits per heavy atom. The molecule has 0 radical (unpaired) electrons. The zero-order chi connectivity index (χ0) is 25.1. The summed E-state index contributed by atoms with van der Waals surface area (Å²) in [6, 6.07) is 3.86. The Balaban J connectivity index is 1.50. The van der Waals surface area contributed by atoms with E-state index in [4.69, 9.17) is 10.5 Å². The van der Waals surface area contributed by atoms with E-state index < -0.39 is 5.54 Å². The lowest BCUT2D eigenvalue weighted by Crippen LogP contribution is -2.80. The first-order chi connectivity index (χ1) is 17.3. The van der Waals surface area contributed by atoms with Gasteiger partial charge in [0.25, 0.3) is 0 Å². The van der Waals surface area contributed by atoms with E-state index in [0.29, 0.717) is 36.3 Å². The standard InChI is InChI=1S/C31H44N2O3/c1-29-11-5-8-22-18-31(36-29)24-9-3-6-20(14-24)15-26-21(16-25(35)17-23(26)19-33-2)7-4-10-27(31)30(32,12-13-34)28(22)29/h16-17,20,22,24,27-28,33-35H,3,5-9,11-15,18-19,32H2,1-2H3/t20-,22+,24-,27-,28-,29+,30+,31+/m0/s1. The molecule has 0 aromatic heterocycles. The molecule has 36 heavy (non-hydrogen) atoms. The number of nitrogens with one attached hydrogen (secondary N) is 1. The molecule has 2 heterocycles. The lowest BCUT2D eigenvalue weighted by Gasteiger charge is -2.72. The van der Waals surface area contributed by atoms with Crippen LogP contribution in [0.4, 0.5) is 0 Å². The molecule has 4 aliphatic carbocycles. The third kappa shape index (κ3) is 3.67. The highest BCUT2D eigenvalue weighted by Gasteiger charge is 2.72. The Labute approximate surface area is 216 Å². The first-order valence-corrected chi connectivity index (χ1v) is 14.4. The van der Waals surface area contributed by atoms with Crippen LogP contribution < -0.4 is 11.1 Å². The van der Waals surface area contributed by atoms with Crippen LogP contribution in [0.25, 0.3) is 0 Å². The topological polar surface area (TPSA) is 87.7 Å². The van der Waals surface area contributed by atoms with Gasteiger partial charge in [0.05, 0.1) is 17.1 Å². The lowest BCUT2D eigenvalue weighted by atomic mass is 9.43. The number of phenols is 1. The molecule has 6 bridgehead atoms. The van der Waals surface area contributed by atoms with E-state index in [1.807, 2.05) is 19.2 Å². The Morgan fingerprint density at radius 2 is 2.08 bits per heavy atom. The van der Waals surface area contributed by atoms with Crippen LogP contribution in [-0.2, 0) is 24.1 Å². The number of nitrogens with two attached hydrogens (primary N) is 1. The van der Waals surface area contributed by atoms with Crippen LogP contribution in [0.5, 0.6) is 5.75 Å². The quantitative estimate of drug-likeness (QED) is 0.476. The summed E-state index contributed by atoms with van der Waals surface area (Å²) in [5.41, 5.74) is 10.1. The summed E-state index contributed by atoms with van der Waals surface area (Å²) in [6.07, 6.45) is 11.6. The number of aliphatic hydroxyl groups excluding tert-OH is 1. The fourth-order valence-corrected chi connectivity index (χ4v) is 9.81. The maximum atomic E-state index is 10.5. The van der Waals surface area contributed by atoms with Gasteiger partial charge >= 0.3 is 0 Å². The SMILES string of the molecule is CNCc1cc(O)cc2c1C[C@H]1CCC[C@@H](C1)[C@@]13C[C@H]4CCC[C@@](C)(O1)[C@H]4[C@@](N)(CCO)[C@@H]3C#CC2. The number of benzene rings is 1. The van der Waals surface area contributed by atoms with Gasteiger partial charge in [0, 0.05) is 31.0 Å². The number of rotatable bonds is 4. The lowest BCUT2D eigenvalue weighted by molar-refractivity contribution is -0.340. The van der Waals surface area contributed by atoms with E-state index in [-0.39, 0.29) is 29.6 Å². The predicted octanol–water partition coefficient (Wildman–Crippen LogP) is 4.06. The van der Waals surface area contributed by atoms with Crippen LogP contribution >= 0.6 is 0 Å². The molecule has 5 heteroatoms. The molecule has 1 spiro atoms. The summed E-state index contributed by atoms with van der Waals surface area (Å²) in [7, 11) is 1.97. The van der Waals surface area contributed by atoms with Gasteiger partial charge in [-0.3, -0.25) is 0 Å². The second-order valence-corrected chi connectivity index (χ2v) is 12.9. The van der Waals surface area contributed by atoms with Crippen molar-refractivity contribution in [2.45, 2.75) is 101 Å². The van der Waals surface area contributed by atoms with Crippen molar-refractivity contribution in [2.75, 3.05) is 13.7 Å². The van der Waals surface area contributed by atoms with E-state index in [9.17, 15) is 10.2 Å². The predicted molar refractivity (Wildman–Crippen MR) is 141 cm³/mol. The van der Waals surface area contributed by atoms with E-state index in [1.54, 1.807) is 0 Å². The van der Waals surface area contributed by atoms with Gasteiger partial charge in [-0.1, -0.05) is 31.1 Å². The summed E-state index contributed by atoms with van der Waals surface area (Å²) in [5.74, 6) is 9.40. The van der Waals surface area contributed by atoms with Gasteiger partial charge in [-0.25, -0.2) is 0 Å². The van der Waals surface area contributed by atoms with Gasteiger partial charge < -0.3 is 26.0 Å². The van der Waals surface area contributed by atoms with E-state index in [0.717, 1.165) is 37.8 Å². The zero-order valence-electron chi connectivity index (χ0n) is 22.1. The molecule has 3 saturated carbocycles. The minimum Gasteiger partial charge on any atom is -0.508 e. The van der Waals surface area contributed by atoms with Crippen LogP contribution in [0.1, 0.15) is 81.4 Å². The maximum Gasteiger partial charge on any atom is 0.116 e. The fraction of sp³-hybridized carbons (Fsp3) is 0.742. The molecule has 0 unspecified atom stereocenters. The first-order valence-electron chi connectivity index (χ1n) is 14.4. The molecule has 196 valence electrons. The van der Waals surface area contributed by atoms with E-state index >= 15 is 0 Å². The number of hydrogen-bond acceptors (Lipinski definition) is 5. The molecule has 1 aromatic rings. The molecule has 7 rings (SSSR count). The average Bonchev–Trinajstić information content (AvgIpc) is 2.83. The monoisotopic (exact) mass is 492 g/mol. The summed E-state index contributed by atoms with van der Waals surface area (Å²) in [5, 5.41) is 24.1. The molecular weight excluding hydrogens is 448 g/mol. The van der Waals surface area contributed by atoms with Gasteiger partial charge in [0.15, 0.2) is 0 Å². The number of phenolic OH excluding ortho intramolecular Hbond substituents is 1. The summed E-state index contributed by atoms with van der Waals surface area (Å²) in [4.78, 5) is 0. The third-order valence-corrected chi connectivity index (χ3v) is 10.8. The highest BCUT2D eigenvalue weighted by atomic mass is 16.5. The van der Waals surface area contributed by atoms with Crippen molar-refractivity contribution in [2.24, 2.45) is 35.3 Å². The average molecular weight is 493 g/mol. The Morgan fingerprint density at radius 3 is 2.86 bits per heavy atom. The van der Waals surface area contributed by atoms with Gasteiger partial charge in [0.2, 0.25) is 0 Å². The zero-order valence-corrected chi connectivity index (χ0v) is 22.1. The number of ether oxygens (including phenoxy) is 1. The molecule has 2 aliphatic heterocycles. The summed E-state index contributed by atoms with van der Waals surface area (Å²) < 4.78 is 7.38. The minimum absolute atomic E-state index is 0.0658. The Hall–Kier alpha value is -1.58. The van der Waals surface area contributed by atoms with Crippen molar-refractivity contribution in [1.29, 1.82) is 0 Å². The van der Waals surface area contributed by atoms with Crippen molar-refractivity contribution in [1.82, 2.24) is 5.32 Å². The van der Waals surface area contributed by atoms with Crippen LogP contribution in [0, 0.1) is 41.4 Å². The maximum absolute atomic E-state index is 10.5. The largest absolute Gasteiger partial charge is 0.508 e. The number of aliphatic hydroxyl groups is 1. The molecule has 5 fully saturated rings. The molecule has 0 amide bonds. The number of aromatic hydroxyl groups is 1. The molecule has 1 aromatic carbocycles. The second kappa shape index (κ2) is 9.02. The molecule has 6 aliphatic rings. The van der Waals surface area contributed by atoms with Crippen molar-refractivity contribution in [3.63, 3.8) is 0 Å². The van der Waals surface area contributed by atoms with E-state index in [1.165, 1.54) is 43.2 Å². The van der Waals surface area contributed by atoms with Crippen LogP contribution in [0.3, 0.4) is 0 Å². The smallest absolute Gasteiger partial charge is 0.116 e. The minimum atomic E-state index is -0.530. The summed E-state index contributed by atoms with van der Waals surface area (Å²) in [6.45, 7) is 3.17. The Bertz CT molecular complexity index is 1080. The van der Waals surface area contributed by atoms with Crippen molar-refractivity contribution >= 4 is 0 Å². The van der Waals surface area contributed by atoms with Gasteiger partial charge in [-0.05, 0) is 105 Å². The molecule has 2 saturated heterocycles. The molecule has 5 N–H and O–H groups in total. The fourth-order valence-electron chi connectivity index (χ4n) is 9.81. The highest BCUT2D eigenvalue weighted by molar-refractivity contribution is 5.44. The van der Waals surface area contributed by atoms with Gasteiger partial charge in [-0.15, -0.1) is 0 Å². The summed E-state index contributed by atoms with van der Waals surface area (Å²) >= 11 is 0. The molecule has 5 nitrogen and oxygen atoms in total. The van der Waals surface area contributed by atoms with Gasteiger partial charge in [-0.2, -0.15) is 0 Å². The normalized spacial score (nSPS) is 42.9. The van der Waals surface area contributed by atoms with Crippen LogP contribution in [0.2, 0.25) is 0 Å². The highest BCUT2D eigenvalue weighted by Crippen LogP contribution is 2.67. The second-order valence-electron chi connectivity index (χ2n) is 12.9. The number of hydrogen-bond donors (Lipinski definition) is 4. The first kappa shape index (κ1) is 24.7. The molecular formula is C31H44N2O3. The van der Waals surface area contributed by atoms with Crippen molar-refractivity contribution < 1.29 is 14.9 Å². The van der Waals surface area contributed by atoms with E-state index in [2.05, 4.69) is 24.1 Å². The number of fused-ring (bicyclic) bond motifs is 3. The van der Waals surface area contributed by atoms with Crippen molar-refractivity contribution in [3.8, 4) is 17.6 Å². The third-order valence-electron chi connectivity index (χ3n) is 10.8. The van der Waals surface area contributed by atoms with Crippen molar-refractivity contribution in [3.05, 3.63) is 28.8 Å². The van der Waals surface area contributed by atoms with Crippen LogP contribution in [0.15, 0.2) is 12.1 Å². The molecule has 8 atom stereocenters. The Kier molecular flexibility index (Phi) is 6.20.